The summed E-state index contributed by atoms with van der Waals surface area (Å²) in [6, 6.07) is 19.9. The van der Waals surface area contributed by atoms with Gasteiger partial charge in [-0.1, -0.05) is 58.0 Å². The molecule has 1 unspecified atom stereocenters. The number of rotatable bonds is 4. The Morgan fingerprint density at radius 3 is 2.31 bits per heavy atom. The Hall–Kier alpha value is -3.66. The molecule has 4 rings (SSSR count). The highest BCUT2D eigenvalue weighted by atomic mass is 79.9. The Balaban J connectivity index is 1.74. The van der Waals surface area contributed by atoms with Crippen LogP contribution in [0.15, 0.2) is 64.1 Å². The molecule has 2 heterocycles. The van der Waals surface area contributed by atoms with Gasteiger partial charge in [0.2, 0.25) is 11.8 Å². The summed E-state index contributed by atoms with van der Waals surface area (Å²) in [6.45, 7) is 0. The van der Waals surface area contributed by atoms with Crippen molar-refractivity contribution in [1.29, 1.82) is 10.5 Å². The first-order valence-corrected chi connectivity index (χ1v) is 11.1. The minimum absolute atomic E-state index is 0.0330. The lowest BCUT2D eigenvalue weighted by atomic mass is 9.97. The Labute approximate surface area is 196 Å². The van der Waals surface area contributed by atoms with Crippen LogP contribution < -0.4 is 10.6 Å². The van der Waals surface area contributed by atoms with Gasteiger partial charge < -0.3 is 5.73 Å². The molecule has 1 atom stereocenters. The number of nitrogen functional groups attached to an aromatic ring is 1. The van der Waals surface area contributed by atoms with E-state index in [2.05, 4.69) is 27.0 Å². The number of thioether (sulfide) groups is 1. The second kappa shape index (κ2) is 8.83. The molecule has 0 spiro atoms. The molecule has 3 aromatic rings. The van der Waals surface area contributed by atoms with Crippen LogP contribution in [0.4, 0.5) is 11.5 Å². The molecule has 32 heavy (non-hydrogen) atoms. The van der Waals surface area contributed by atoms with Gasteiger partial charge in [-0.25, -0.2) is 9.88 Å². The number of carbonyl (C=O) groups is 2. The Morgan fingerprint density at radius 1 is 1.03 bits per heavy atom. The van der Waals surface area contributed by atoms with E-state index in [0.29, 0.717) is 16.8 Å². The SMILES string of the molecule is N#Cc1c(N)nc(SC2CC(=O)N(c3ccc(Br)cc3)C2=O)c(C#N)c1-c1ccccc1. The maximum Gasteiger partial charge on any atom is 0.247 e. The topological polar surface area (TPSA) is 124 Å². The lowest BCUT2D eigenvalue weighted by Gasteiger charge is -2.16. The van der Waals surface area contributed by atoms with E-state index in [0.717, 1.165) is 21.1 Å². The molecular formula is C23H14BrN5O2S. The minimum atomic E-state index is -0.762. The van der Waals surface area contributed by atoms with Crippen LogP contribution in [-0.4, -0.2) is 22.0 Å². The van der Waals surface area contributed by atoms with Gasteiger partial charge in [0.1, 0.15) is 28.5 Å². The number of hydrogen-bond acceptors (Lipinski definition) is 7. The van der Waals surface area contributed by atoms with Crippen LogP contribution in [0, 0.1) is 22.7 Å². The van der Waals surface area contributed by atoms with E-state index >= 15 is 0 Å². The van der Waals surface area contributed by atoms with Gasteiger partial charge >= 0.3 is 0 Å². The standard InChI is InChI=1S/C23H14BrN5O2S/c24-14-6-8-15(9-7-14)29-19(30)10-18(23(29)31)32-22-17(12-26)20(13-4-2-1-3-5-13)16(11-25)21(27)28-22/h1-9,18H,10H2,(H2,27,28). The molecule has 1 fully saturated rings. The Morgan fingerprint density at radius 2 is 1.69 bits per heavy atom. The molecule has 1 saturated heterocycles. The molecule has 2 N–H and O–H groups in total. The fourth-order valence-electron chi connectivity index (χ4n) is 3.47. The van der Waals surface area contributed by atoms with Crippen LogP contribution in [0.25, 0.3) is 11.1 Å². The van der Waals surface area contributed by atoms with E-state index in [1.807, 2.05) is 12.1 Å². The summed E-state index contributed by atoms with van der Waals surface area (Å²) in [5.41, 5.74) is 7.77. The molecule has 0 aliphatic carbocycles. The number of nitrogens with zero attached hydrogens (tertiary/aromatic N) is 4. The minimum Gasteiger partial charge on any atom is -0.383 e. The number of amides is 2. The van der Waals surface area contributed by atoms with Crippen molar-refractivity contribution in [3.05, 3.63) is 70.2 Å². The number of halogens is 1. The molecular weight excluding hydrogens is 490 g/mol. The Bertz CT molecular complexity index is 1310. The highest BCUT2D eigenvalue weighted by Crippen LogP contribution is 2.40. The average molecular weight is 504 g/mol. The van der Waals surface area contributed by atoms with Gasteiger partial charge in [-0.3, -0.25) is 9.59 Å². The van der Waals surface area contributed by atoms with Crippen molar-refractivity contribution < 1.29 is 9.59 Å². The van der Waals surface area contributed by atoms with Gasteiger partial charge in [0, 0.05) is 16.5 Å². The zero-order chi connectivity index (χ0) is 22.8. The lowest BCUT2D eigenvalue weighted by molar-refractivity contribution is -0.121. The highest BCUT2D eigenvalue weighted by Gasteiger charge is 2.41. The predicted octanol–water partition coefficient (Wildman–Crippen LogP) is 4.26. The van der Waals surface area contributed by atoms with Crippen molar-refractivity contribution >= 4 is 51.0 Å². The lowest BCUT2D eigenvalue weighted by Crippen LogP contribution is -2.31. The fraction of sp³-hybridized carbons (Fsp3) is 0.0870. The van der Waals surface area contributed by atoms with E-state index in [4.69, 9.17) is 5.73 Å². The monoisotopic (exact) mass is 503 g/mol. The van der Waals surface area contributed by atoms with Gasteiger partial charge in [-0.05, 0) is 29.8 Å². The largest absolute Gasteiger partial charge is 0.383 e. The van der Waals surface area contributed by atoms with E-state index in [-0.39, 0.29) is 34.3 Å². The second-order valence-corrected chi connectivity index (χ2v) is 8.98. The Kier molecular flexibility index (Phi) is 5.95. The van der Waals surface area contributed by atoms with Gasteiger partial charge in [0.05, 0.1) is 16.5 Å². The van der Waals surface area contributed by atoms with Gasteiger partial charge in [-0.15, -0.1) is 0 Å². The van der Waals surface area contributed by atoms with Crippen LogP contribution in [-0.2, 0) is 9.59 Å². The zero-order valence-corrected chi connectivity index (χ0v) is 18.9. The first-order valence-electron chi connectivity index (χ1n) is 9.42. The number of aromatic nitrogens is 1. The summed E-state index contributed by atoms with van der Waals surface area (Å²) in [7, 11) is 0. The molecule has 7 nitrogen and oxygen atoms in total. The van der Waals surface area contributed by atoms with Gasteiger partial charge in [0.15, 0.2) is 0 Å². The number of hydrogen-bond donors (Lipinski definition) is 1. The molecule has 0 bridgehead atoms. The predicted molar refractivity (Wildman–Crippen MR) is 124 cm³/mol. The summed E-state index contributed by atoms with van der Waals surface area (Å²) >= 11 is 4.35. The summed E-state index contributed by atoms with van der Waals surface area (Å²) in [5, 5.41) is 19.0. The highest BCUT2D eigenvalue weighted by molar-refractivity contribution is 9.10. The molecule has 156 valence electrons. The van der Waals surface area contributed by atoms with Crippen molar-refractivity contribution in [3.63, 3.8) is 0 Å². The average Bonchev–Trinajstić information content (AvgIpc) is 3.07. The van der Waals surface area contributed by atoms with Crippen LogP contribution in [0.1, 0.15) is 17.5 Å². The third kappa shape index (κ3) is 3.84. The molecule has 1 aliphatic rings. The quantitative estimate of drug-likeness (QED) is 0.527. The number of anilines is 2. The van der Waals surface area contributed by atoms with Crippen molar-refractivity contribution in [2.24, 2.45) is 0 Å². The first kappa shape index (κ1) is 21.6. The van der Waals surface area contributed by atoms with Crippen LogP contribution in [0.3, 0.4) is 0 Å². The summed E-state index contributed by atoms with van der Waals surface area (Å²) < 4.78 is 0.829. The maximum atomic E-state index is 13.0. The van der Waals surface area contributed by atoms with E-state index < -0.39 is 11.2 Å². The fourth-order valence-corrected chi connectivity index (χ4v) is 4.85. The number of nitrogens with two attached hydrogens (primary N) is 1. The third-order valence-electron chi connectivity index (χ3n) is 4.92. The van der Waals surface area contributed by atoms with Gasteiger partial charge in [-0.2, -0.15) is 10.5 Å². The number of nitriles is 2. The molecule has 9 heteroatoms. The number of benzene rings is 2. The van der Waals surface area contributed by atoms with E-state index in [1.54, 1.807) is 48.5 Å². The second-order valence-electron chi connectivity index (χ2n) is 6.87. The molecule has 1 aliphatic heterocycles. The first-order chi connectivity index (χ1) is 15.4. The van der Waals surface area contributed by atoms with Crippen LogP contribution in [0.5, 0.6) is 0 Å². The number of imide groups is 1. The zero-order valence-electron chi connectivity index (χ0n) is 16.4. The van der Waals surface area contributed by atoms with E-state index in [9.17, 15) is 20.1 Å². The maximum absolute atomic E-state index is 13.0. The van der Waals surface area contributed by atoms with Crippen LogP contribution >= 0.6 is 27.7 Å². The smallest absolute Gasteiger partial charge is 0.247 e. The summed E-state index contributed by atoms with van der Waals surface area (Å²) in [4.78, 5) is 31.0. The number of pyridine rings is 1. The molecule has 0 saturated carbocycles. The molecule has 2 aromatic carbocycles. The third-order valence-corrected chi connectivity index (χ3v) is 6.62. The van der Waals surface area contributed by atoms with Crippen molar-refractivity contribution in [2.75, 3.05) is 10.6 Å². The van der Waals surface area contributed by atoms with Gasteiger partial charge in [0.25, 0.3) is 0 Å². The summed E-state index contributed by atoms with van der Waals surface area (Å²) in [6.07, 6.45) is -0.0350. The summed E-state index contributed by atoms with van der Waals surface area (Å²) in [5.74, 6) is -0.759. The van der Waals surface area contributed by atoms with Crippen molar-refractivity contribution in [3.8, 4) is 23.3 Å². The van der Waals surface area contributed by atoms with Crippen molar-refractivity contribution in [2.45, 2.75) is 16.7 Å². The molecule has 0 radical (unpaired) electrons. The van der Waals surface area contributed by atoms with Crippen LogP contribution in [0.2, 0.25) is 0 Å². The van der Waals surface area contributed by atoms with Crippen molar-refractivity contribution in [1.82, 2.24) is 4.98 Å². The normalized spacial score (nSPS) is 15.5. The molecule has 2 amide bonds. The van der Waals surface area contributed by atoms with E-state index in [1.165, 1.54) is 0 Å². The number of carbonyl (C=O) groups excluding carboxylic acids is 2. The molecule has 1 aromatic heterocycles.